The Kier molecular flexibility index (Phi) is 12.3. The van der Waals surface area contributed by atoms with Crippen molar-refractivity contribution in [1.82, 2.24) is 10.6 Å². The van der Waals surface area contributed by atoms with E-state index in [0.717, 1.165) is 12.0 Å². The lowest BCUT2D eigenvalue weighted by Crippen LogP contribution is -2.56. The number of halogens is 1. The number of benzene rings is 1. The van der Waals surface area contributed by atoms with E-state index in [-0.39, 0.29) is 30.0 Å². The molecule has 9 nitrogen and oxygen atoms in total. The average Bonchev–Trinajstić information content (AvgIpc) is 2.79. The van der Waals surface area contributed by atoms with Crippen molar-refractivity contribution in [3.8, 4) is 0 Å². The second-order valence-corrected chi connectivity index (χ2v) is 8.04. The molecule has 0 unspecified atom stereocenters. The number of carbonyl (C=O) groups is 3. The number of rotatable bonds is 14. The second kappa shape index (κ2) is 14.4. The number of alkyl halides is 1. The van der Waals surface area contributed by atoms with Crippen LogP contribution in [0.4, 0.5) is 0 Å². The Morgan fingerprint density at radius 2 is 1.69 bits per heavy atom. The fourth-order valence-corrected chi connectivity index (χ4v) is 3.21. The van der Waals surface area contributed by atoms with Gasteiger partial charge in [-0.25, -0.2) is 0 Å². The van der Waals surface area contributed by atoms with Crippen LogP contribution in [0, 0.1) is 5.92 Å². The highest BCUT2D eigenvalue weighted by atomic mass is 35.5. The number of ketones is 1. The number of amides is 2. The number of hydrogen-bond acceptors (Lipinski definition) is 5. The summed E-state index contributed by atoms with van der Waals surface area (Å²) < 4.78 is 0. The number of nitrogens with one attached hydrogen (secondary N) is 2. The van der Waals surface area contributed by atoms with Gasteiger partial charge in [0.05, 0.1) is 18.0 Å². The zero-order chi connectivity index (χ0) is 24.1. The van der Waals surface area contributed by atoms with Gasteiger partial charge in [0.2, 0.25) is 11.8 Å². The van der Waals surface area contributed by atoms with Crippen LogP contribution in [-0.4, -0.2) is 54.1 Å². The van der Waals surface area contributed by atoms with E-state index in [0.29, 0.717) is 19.4 Å². The van der Waals surface area contributed by atoms with Crippen molar-refractivity contribution in [3.05, 3.63) is 35.9 Å². The van der Waals surface area contributed by atoms with Crippen LogP contribution in [0.15, 0.2) is 35.3 Å². The van der Waals surface area contributed by atoms with Gasteiger partial charge in [-0.3, -0.25) is 19.4 Å². The van der Waals surface area contributed by atoms with Gasteiger partial charge in [0.1, 0.15) is 6.04 Å². The molecule has 0 saturated heterocycles. The van der Waals surface area contributed by atoms with Gasteiger partial charge >= 0.3 is 0 Å². The molecule has 0 aliphatic carbocycles. The van der Waals surface area contributed by atoms with Crippen LogP contribution in [0.25, 0.3) is 0 Å². The third-order valence-electron chi connectivity index (χ3n) is 5.26. The van der Waals surface area contributed by atoms with Crippen molar-refractivity contribution in [3.63, 3.8) is 0 Å². The molecule has 8 N–H and O–H groups in total. The van der Waals surface area contributed by atoms with Crippen LogP contribution in [0.1, 0.15) is 38.7 Å². The van der Waals surface area contributed by atoms with Crippen molar-refractivity contribution in [1.29, 1.82) is 0 Å². The number of nitrogens with two attached hydrogens (primary N) is 3. The van der Waals surface area contributed by atoms with E-state index in [1.807, 2.05) is 44.2 Å². The first-order valence-electron chi connectivity index (χ1n) is 10.7. The first-order valence-corrected chi connectivity index (χ1v) is 11.3. The summed E-state index contributed by atoms with van der Waals surface area (Å²) in [5.74, 6) is -1.56. The topological polar surface area (TPSA) is 166 Å². The lowest BCUT2D eigenvalue weighted by atomic mass is 9.98. The standard InChI is InChI=1S/C22H35ClN6O3/c1-3-14(2)19(24)21(32)29-17(12-15-8-5-4-6-9-15)20(31)28-16(18(30)13-23)10-7-11-27-22(25)26/h4-6,8-9,14,16-17,19H,3,7,10-13,24H2,1-2H3,(H,28,31)(H,29,32)(H4,25,26,27)/t14-,16+,17+,19-/m1/s1. The molecule has 1 aromatic rings. The minimum absolute atomic E-state index is 0.0439. The summed E-state index contributed by atoms with van der Waals surface area (Å²) in [5, 5.41) is 5.47. The predicted molar refractivity (Wildman–Crippen MR) is 127 cm³/mol. The molecule has 1 aromatic carbocycles. The summed E-state index contributed by atoms with van der Waals surface area (Å²) >= 11 is 5.72. The van der Waals surface area contributed by atoms with Gasteiger partial charge in [0, 0.05) is 13.0 Å². The fourth-order valence-electron chi connectivity index (χ4n) is 3.02. The highest BCUT2D eigenvalue weighted by Gasteiger charge is 2.29. The zero-order valence-electron chi connectivity index (χ0n) is 18.7. The molecular weight excluding hydrogens is 432 g/mol. The molecule has 2 amide bonds. The highest BCUT2D eigenvalue weighted by Crippen LogP contribution is 2.09. The van der Waals surface area contributed by atoms with Crippen molar-refractivity contribution in [2.75, 3.05) is 12.4 Å². The summed E-state index contributed by atoms with van der Waals surface area (Å²) in [6.07, 6.45) is 1.76. The molecule has 1 rings (SSSR count). The fraction of sp³-hybridized carbons (Fsp3) is 0.545. The number of aliphatic imine (C=N–C) groups is 1. The van der Waals surface area contributed by atoms with Gasteiger partial charge in [-0.2, -0.15) is 0 Å². The molecule has 0 aliphatic rings. The summed E-state index contributed by atoms with van der Waals surface area (Å²) in [4.78, 5) is 41.9. The van der Waals surface area contributed by atoms with E-state index in [1.54, 1.807) is 0 Å². The van der Waals surface area contributed by atoms with Crippen molar-refractivity contribution < 1.29 is 14.4 Å². The number of hydrogen-bond donors (Lipinski definition) is 5. The molecule has 0 saturated carbocycles. The van der Waals surface area contributed by atoms with E-state index in [9.17, 15) is 14.4 Å². The van der Waals surface area contributed by atoms with Gasteiger partial charge in [-0.15, -0.1) is 11.6 Å². The molecule has 0 aliphatic heterocycles. The van der Waals surface area contributed by atoms with Gasteiger partial charge < -0.3 is 27.8 Å². The van der Waals surface area contributed by atoms with E-state index in [4.69, 9.17) is 28.8 Å². The van der Waals surface area contributed by atoms with Gasteiger partial charge in [-0.1, -0.05) is 50.6 Å². The Bertz CT molecular complexity index is 770. The third kappa shape index (κ3) is 9.65. The maximum absolute atomic E-state index is 13.1. The van der Waals surface area contributed by atoms with Crippen LogP contribution < -0.4 is 27.8 Å². The molecule has 0 spiro atoms. The zero-order valence-corrected chi connectivity index (χ0v) is 19.5. The largest absolute Gasteiger partial charge is 0.370 e. The molecule has 32 heavy (non-hydrogen) atoms. The van der Waals surface area contributed by atoms with Gasteiger partial charge in [-0.05, 0) is 24.3 Å². The maximum Gasteiger partial charge on any atom is 0.243 e. The van der Waals surface area contributed by atoms with Crippen molar-refractivity contribution in [2.24, 2.45) is 28.1 Å². The molecule has 0 bridgehead atoms. The van der Waals surface area contributed by atoms with Crippen LogP contribution in [-0.2, 0) is 20.8 Å². The first kappa shape index (κ1) is 27.4. The number of nitrogens with zero attached hydrogens (tertiary/aromatic N) is 1. The molecule has 0 aromatic heterocycles. The Labute approximate surface area is 194 Å². The van der Waals surface area contributed by atoms with Gasteiger partial charge in [0.15, 0.2) is 11.7 Å². The minimum atomic E-state index is -0.900. The SMILES string of the molecule is CC[C@@H](C)[C@@H](N)C(=O)N[C@@H](Cc1ccccc1)C(=O)N[C@@H](CCCN=C(N)N)C(=O)CCl. The average molecular weight is 467 g/mol. The lowest BCUT2D eigenvalue weighted by Gasteiger charge is -2.25. The maximum atomic E-state index is 13.1. The number of Topliss-reactive ketones (excluding diaryl/α,β-unsaturated/α-hetero) is 1. The second-order valence-electron chi connectivity index (χ2n) is 7.77. The smallest absolute Gasteiger partial charge is 0.243 e. The van der Waals surface area contributed by atoms with Crippen LogP contribution in [0.3, 0.4) is 0 Å². The van der Waals surface area contributed by atoms with E-state index < -0.39 is 29.9 Å². The van der Waals surface area contributed by atoms with Crippen molar-refractivity contribution >= 4 is 35.2 Å². The minimum Gasteiger partial charge on any atom is -0.370 e. The van der Waals surface area contributed by atoms with Gasteiger partial charge in [0.25, 0.3) is 0 Å². The lowest BCUT2D eigenvalue weighted by molar-refractivity contribution is -0.132. The molecule has 0 heterocycles. The first-order chi connectivity index (χ1) is 15.2. The summed E-state index contributed by atoms with van der Waals surface area (Å²) in [6, 6.07) is 6.82. The Hall–Kier alpha value is -2.65. The van der Waals surface area contributed by atoms with Crippen LogP contribution in [0.2, 0.25) is 0 Å². The number of carbonyl (C=O) groups excluding carboxylic acids is 3. The monoisotopic (exact) mass is 466 g/mol. The normalized spacial score (nSPS) is 14.5. The molecule has 10 heteroatoms. The molecule has 178 valence electrons. The Morgan fingerprint density at radius 3 is 2.25 bits per heavy atom. The van der Waals surface area contributed by atoms with E-state index >= 15 is 0 Å². The van der Waals surface area contributed by atoms with E-state index in [1.165, 1.54) is 0 Å². The number of guanidine groups is 1. The summed E-state index contributed by atoms with van der Waals surface area (Å²) in [7, 11) is 0. The predicted octanol–water partition coefficient (Wildman–Crippen LogP) is 0.434. The molecule has 4 atom stereocenters. The summed E-state index contributed by atoms with van der Waals surface area (Å²) in [6.45, 7) is 4.14. The van der Waals surface area contributed by atoms with Crippen LogP contribution in [0.5, 0.6) is 0 Å². The third-order valence-corrected chi connectivity index (χ3v) is 5.52. The molecule has 0 radical (unpaired) electrons. The van der Waals surface area contributed by atoms with Crippen molar-refractivity contribution in [2.45, 2.75) is 57.7 Å². The quantitative estimate of drug-likeness (QED) is 0.115. The summed E-state index contributed by atoms with van der Waals surface area (Å²) in [5.41, 5.74) is 17.5. The molecule has 0 fully saturated rings. The Balaban J connectivity index is 2.96. The highest BCUT2D eigenvalue weighted by molar-refractivity contribution is 6.28. The van der Waals surface area contributed by atoms with E-state index in [2.05, 4.69) is 15.6 Å². The Morgan fingerprint density at radius 1 is 1.06 bits per heavy atom. The molecular formula is C22H35ClN6O3. The van der Waals surface area contributed by atoms with Crippen LogP contribution >= 0.6 is 11.6 Å².